The fourth-order valence-corrected chi connectivity index (χ4v) is 5.30. The minimum absolute atomic E-state index is 0.0396. The van der Waals surface area contributed by atoms with Gasteiger partial charge in [0.25, 0.3) is 0 Å². The van der Waals surface area contributed by atoms with Crippen LogP contribution in [0.5, 0.6) is 5.75 Å². The van der Waals surface area contributed by atoms with E-state index in [1.807, 2.05) is 12.1 Å². The van der Waals surface area contributed by atoms with Gasteiger partial charge in [0, 0.05) is 5.56 Å². The van der Waals surface area contributed by atoms with Gasteiger partial charge in [0.2, 0.25) is 5.82 Å². The highest BCUT2D eigenvalue weighted by Gasteiger charge is 2.21. The fourth-order valence-electron chi connectivity index (χ4n) is 5.30. The molecule has 0 unspecified atom stereocenters. The number of hydrogen-bond acceptors (Lipinski definition) is 1. The zero-order valence-corrected chi connectivity index (χ0v) is 21.6. The van der Waals surface area contributed by atoms with Gasteiger partial charge in [-0.3, -0.25) is 0 Å². The van der Waals surface area contributed by atoms with E-state index in [-0.39, 0.29) is 11.3 Å². The highest BCUT2D eigenvalue weighted by molar-refractivity contribution is 5.65. The second-order valence-corrected chi connectivity index (χ2v) is 9.94. The second-order valence-electron chi connectivity index (χ2n) is 9.94. The van der Waals surface area contributed by atoms with Crippen LogP contribution in [0.1, 0.15) is 75.0 Å². The molecule has 0 N–H and O–H groups in total. The topological polar surface area (TPSA) is 9.23 Å². The maximum Gasteiger partial charge on any atom is 0.201 e. The summed E-state index contributed by atoms with van der Waals surface area (Å²) < 4.78 is 34.0. The van der Waals surface area contributed by atoms with Crippen LogP contribution >= 0.6 is 0 Å². The van der Waals surface area contributed by atoms with Gasteiger partial charge in [0.15, 0.2) is 11.6 Å². The van der Waals surface area contributed by atoms with Crippen molar-refractivity contribution >= 4 is 0 Å². The minimum Gasteiger partial charge on any atom is -0.491 e. The molecule has 0 spiro atoms. The van der Waals surface area contributed by atoms with E-state index in [0.717, 1.165) is 19.3 Å². The van der Waals surface area contributed by atoms with Crippen molar-refractivity contribution in [2.24, 2.45) is 5.92 Å². The first-order valence-corrected chi connectivity index (χ1v) is 13.5. The lowest BCUT2D eigenvalue weighted by molar-refractivity contribution is 0.314. The van der Waals surface area contributed by atoms with Gasteiger partial charge in [-0.2, -0.15) is 4.39 Å². The Morgan fingerprint density at radius 3 is 2.08 bits per heavy atom. The van der Waals surface area contributed by atoms with Crippen LogP contribution in [0.25, 0.3) is 11.1 Å². The van der Waals surface area contributed by atoms with E-state index in [0.29, 0.717) is 24.0 Å². The SMILES string of the molecule is CCCc1ccc(CC/C=C/[C@H]2CC[C@H](c3ccc(-c4ccc(OCC)c(F)c4F)cc3)CC2)cc1. The molecule has 0 heterocycles. The van der Waals surface area contributed by atoms with Gasteiger partial charge >= 0.3 is 0 Å². The third-order valence-electron chi connectivity index (χ3n) is 7.38. The Kier molecular flexibility index (Phi) is 9.33. The number of hydrogen-bond donors (Lipinski definition) is 0. The van der Waals surface area contributed by atoms with Gasteiger partial charge in [0.05, 0.1) is 6.61 Å². The largest absolute Gasteiger partial charge is 0.491 e. The van der Waals surface area contributed by atoms with E-state index in [1.165, 1.54) is 54.9 Å². The van der Waals surface area contributed by atoms with Crippen molar-refractivity contribution < 1.29 is 13.5 Å². The van der Waals surface area contributed by atoms with Crippen molar-refractivity contribution in [3.8, 4) is 16.9 Å². The van der Waals surface area contributed by atoms with Gasteiger partial charge in [-0.25, -0.2) is 4.39 Å². The third-order valence-corrected chi connectivity index (χ3v) is 7.38. The van der Waals surface area contributed by atoms with Crippen LogP contribution in [0.2, 0.25) is 0 Å². The molecule has 0 radical (unpaired) electrons. The fraction of sp³-hybridized carbons (Fsp3) is 0.394. The molecule has 0 aliphatic heterocycles. The van der Waals surface area contributed by atoms with Gasteiger partial charge in [0.1, 0.15) is 0 Å². The maximum atomic E-state index is 14.6. The predicted molar refractivity (Wildman–Crippen MR) is 146 cm³/mol. The van der Waals surface area contributed by atoms with Gasteiger partial charge in [-0.15, -0.1) is 0 Å². The van der Waals surface area contributed by atoms with E-state index < -0.39 is 11.6 Å². The number of allylic oxidation sites excluding steroid dienone is 2. The maximum absolute atomic E-state index is 14.6. The van der Waals surface area contributed by atoms with Crippen molar-refractivity contribution in [1.82, 2.24) is 0 Å². The summed E-state index contributed by atoms with van der Waals surface area (Å²) in [7, 11) is 0. The molecule has 3 aromatic rings. The quantitative estimate of drug-likeness (QED) is 0.258. The monoisotopic (exact) mass is 488 g/mol. The van der Waals surface area contributed by atoms with Crippen molar-refractivity contribution in [3.05, 3.63) is 101 Å². The third kappa shape index (κ3) is 6.63. The average molecular weight is 489 g/mol. The van der Waals surface area contributed by atoms with Crippen LogP contribution in [-0.4, -0.2) is 6.61 Å². The summed E-state index contributed by atoms with van der Waals surface area (Å²) in [5, 5.41) is 0. The Morgan fingerprint density at radius 1 is 0.778 bits per heavy atom. The molecule has 1 saturated carbocycles. The summed E-state index contributed by atoms with van der Waals surface area (Å²) in [5.74, 6) is -0.618. The summed E-state index contributed by atoms with van der Waals surface area (Å²) >= 11 is 0. The molecule has 0 atom stereocenters. The smallest absolute Gasteiger partial charge is 0.201 e. The van der Waals surface area contributed by atoms with Crippen LogP contribution < -0.4 is 4.74 Å². The number of rotatable bonds is 10. The summed E-state index contributed by atoms with van der Waals surface area (Å²) in [4.78, 5) is 0. The lowest BCUT2D eigenvalue weighted by atomic mass is 9.78. The molecule has 0 aromatic heterocycles. The van der Waals surface area contributed by atoms with Crippen LogP contribution in [0.3, 0.4) is 0 Å². The molecule has 36 heavy (non-hydrogen) atoms. The Balaban J connectivity index is 1.26. The molecule has 1 aliphatic carbocycles. The van der Waals surface area contributed by atoms with E-state index >= 15 is 0 Å². The van der Waals surface area contributed by atoms with E-state index in [9.17, 15) is 8.78 Å². The zero-order valence-electron chi connectivity index (χ0n) is 21.6. The van der Waals surface area contributed by atoms with Gasteiger partial charge in [-0.05, 0) is 98.1 Å². The summed E-state index contributed by atoms with van der Waals surface area (Å²) in [5.41, 5.74) is 5.10. The standard InChI is InChI=1S/C33H38F2O/c1-3-7-24-10-12-25(13-11-24)8-5-6-9-26-14-16-27(17-15-26)28-18-20-29(21-19-28)30-22-23-31(36-4-2)33(35)32(30)34/h6,9-13,18-23,26-27H,3-5,7-8,14-17H2,1-2H3/b9-6+/t26-,27-. The Bertz CT molecular complexity index is 1120. The number of halogens is 2. The van der Waals surface area contributed by atoms with Crippen molar-refractivity contribution in [1.29, 1.82) is 0 Å². The Labute approximate surface area is 215 Å². The first kappa shape index (κ1) is 26.1. The molecule has 190 valence electrons. The molecule has 0 bridgehead atoms. The Morgan fingerprint density at radius 2 is 1.44 bits per heavy atom. The average Bonchev–Trinajstić information content (AvgIpc) is 2.91. The van der Waals surface area contributed by atoms with E-state index in [2.05, 4.69) is 55.5 Å². The molecule has 3 aromatic carbocycles. The zero-order chi connectivity index (χ0) is 25.3. The summed E-state index contributed by atoms with van der Waals surface area (Å²) in [6.45, 7) is 4.27. The molecule has 0 saturated heterocycles. The van der Waals surface area contributed by atoms with E-state index in [4.69, 9.17) is 4.74 Å². The summed E-state index contributed by atoms with van der Waals surface area (Å²) in [6.07, 6.45) is 14.1. The Hall–Kier alpha value is -2.94. The summed E-state index contributed by atoms with van der Waals surface area (Å²) in [6, 6.07) is 20.2. The van der Waals surface area contributed by atoms with Gasteiger partial charge < -0.3 is 4.74 Å². The first-order valence-electron chi connectivity index (χ1n) is 13.5. The molecular weight excluding hydrogens is 450 g/mol. The van der Waals surface area contributed by atoms with Crippen LogP contribution in [0, 0.1) is 17.6 Å². The van der Waals surface area contributed by atoms with Crippen LogP contribution in [-0.2, 0) is 12.8 Å². The van der Waals surface area contributed by atoms with Crippen LogP contribution in [0.15, 0.2) is 72.8 Å². The van der Waals surface area contributed by atoms with Crippen molar-refractivity contribution in [2.75, 3.05) is 6.61 Å². The minimum atomic E-state index is -0.922. The number of benzene rings is 3. The lowest BCUT2D eigenvalue weighted by Gasteiger charge is -2.27. The molecule has 4 rings (SSSR count). The van der Waals surface area contributed by atoms with Crippen molar-refractivity contribution in [3.63, 3.8) is 0 Å². The molecule has 1 fully saturated rings. The second kappa shape index (κ2) is 12.9. The van der Waals surface area contributed by atoms with Crippen molar-refractivity contribution in [2.45, 2.75) is 71.1 Å². The highest BCUT2D eigenvalue weighted by Crippen LogP contribution is 2.37. The van der Waals surface area contributed by atoms with Crippen LogP contribution in [0.4, 0.5) is 8.78 Å². The first-order chi connectivity index (χ1) is 17.6. The van der Waals surface area contributed by atoms with E-state index in [1.54, 1.807) is 13.0 Å². The molecule has 3 heteroatoms. The number of aryl methyl sites for hydroxylation is 2. The molecule has 0 amide bonds. The molecule has 1 aliphatic rings. The molecule has 1 nitrogen and oxygen atoms in total. The lowest BCUT2D eigenvalue weighted by Crippen LogP contribution is -2.11. The molecular formula is C33H38F2O. The number of ether oxygens (including phenoxy) is 1. The van der Waals surface area contributed by atoms with Gasteiger partial charge in [-0.1, -0.05) is 74.0 Å². The predicted octanol–water partition coefficient (Wildman–Crippen LogP) is 9.45. The highest BCUT2D eigenvalue weighted by atomic mass is 19.2. The normalized spacial score (nSPS) is 18.0.